The van der Waals surface area contributed by atoms with E-state index in [1.54, 1.807) is 12.3 Å². The Morgan fingerprint density at radius 1 is 1.09 bits per heavy atom. The van der Waals surface area contributed by atoms with Gasteiger partial charge in [-0.05, 0) is 24.6 Å². The number of halogens is 3. The molecule has 164 valence electrons. The highest BCUT2D eigenvalue weighted by Crippen LogP contribution is 2.32. The van der Waals surface area contributed by atoms with E-state index in [0.717, 1.165) is 17.7 Å². The monoisotopic (exact) mass is 457 g/mol. The maximum absolute atomic E-state index is 12.8. The Labute approximate surface area is 185 Å². The summed E-state index contributed by atoms with van der Waals surface area (Å²) in [5, 5.41) is 12.2. The molecule has 6 nitrogen and oxygen atoms in total. The maximum Gasteiger partial charge on any atom is 0.416 e. The Hall–Kier alpha value is -3.53. The van der Waals surface area contributed by atoms with E-state index in [2.05, 4.69) is 25.5 Å². The minimum atomic E-state index is -4.39. The number of aryl methyl sites for hydroxylation is 1. The van der Waals surface area contributed by atoms with E-state index in [9.17, 15) is 18.0 Å². The highest BCUT2D eigenvalue weighted by molar-refractivity contribution is 7.13. The molecule has 0 saturated heterocycles. The summed E-state index contributed by atoms with van der Waals surface area (Å²) in [6.07, 6.45) is -4.37. The van der Waals surface area contributed by atoms with Crippen LogP contribution in [-0.2, 0) is 17.4 Å². The third-order valence-corrected chi connectivity index (χ3v) is 5.60. The molecule has 2 N–H and O–H groups in total. The molecule has 0 radical (unpaired) electrons. The molecular weight excluding hydrogens is 439 g/mol. The SMILES string of the molecule is Cc1nc(C(NC(=O)Cc2csc(-c3ccc(C(F)(F)F)cc3)n2)c2ccccc2)n[nH]1. The van der Waals surface area contributed by atoms with Gasteiger partial charge in [0.1, 0.15) is 16.9 Å². The van der Waals surface area contributed by atoms with Gasteiger partial charge in [-0.25, -0.2) is 9.97 Å². The molecule has 4 aromatic rings. The maximum atomic E-state index is 12.8. The molecule has 0 fully saturated rings. The Kier molecular flexibility index (Phi) is 6.04. The molecule has 2 aromatic heterocycles. The topological polar surface area (TPSA) is 83.6 Å². The van der Waals surface area contributed by atoms with E-state index in [-0.39, 0.29) is 12.3 Å². The summed E-state index contributed by atoms with van der Waals surface area (Å²) in [6, 6.07) is 13.6. The second kappa shape index (κ2) is 8.91. The third kappa shape index (κ3) is 5.02. The van der Waals surface area contributed by atoms with Gasteiger partial charge in [0.25, 0.3) is 0 Å². The van der Waals surface area contributed by atoms with Crippen LogP contribution in [0.25, 0.3) is 10.6 Å². The third-order valence-electron chi connectivity index (χ3n) is 4.66. The highest BCUT2D eigenvalue weighted by Gasteiger charge is 2.30. The first-order valence-electron chi connectivity index (χ1n) is 9.65. The molecule has 0 spiro atoms. The number of rotatable bonds is 6. The van der Waals surface area contributed by atoms with Gasteiger partial charge in [0.15, 0.2) is 5.82 Å². The zero-order valence-electron chi connectivity index (χ0n) is 16.8. The van der Waals surface area contributed by atoms with E-state index in [0.29, 0.717) is 27.9 Å². The van der Waals surface area contributed by atoms with Gasteiger partial charge in [-0.15, -0.1) is 11.3 Å². The van der Waals surface area contributed by atoms with Gasteiger partial charge in [-0.3, -0.25) is 9.89 Å². The zero-order valence-corrected chi connectivity index (χ0v) is 17.7. The molecular formula is C22H18F3N5OS. The van der Waals surface area contributed by atoms with Gasteiger partial charge in [0.05, 0.1) is 17.7 Å². The summed E-state index contributed by atoms with van der Waals surface area (Å²) in [7, 11) is 0. The summed E-state index contributed by atoms with van der Waals surface area (Å²) < 4.78 is 38.3. The first-order valence-corrected chi connectivity index (χ1v) is 10.5. The zero-order chi connectivity index (χ0) is 22.7. The van der Waals surface area contributed by atoms with Gasteiger partial charge in [0, 0.05) is 10.9 Å². The molecule has 0 aliphatic rings. The molecule has 0 bridgehead atoms. The van der Waals surface area contributed by atoms with Crippen molar-refractivity contribution in [2.24, 2.45) is 0 Å². The predicted molar refractivity (Wildman–Crippen MR) is 114 cm³/mol. The number of carbonyl (C=O) groups excluding carboxylic acids is 1. The molecule has 1 unspecified atom stereocenters. The average molecular weight is 457 g/mol. The summed E-state index contributed by atoms with van der Waals surface area (Å²) in [6.45, 7) is 1.78. The lowest BCUT2D eigenvalue weighted by molar-refractivity contribution is -0.137. The van der Waals surface area contributed by atoms with Crippen LogP contribution in [0.15, 0.2) is 60.0 Å². The quantitative estimate of drug-likeness (QED) is 0.440. The highest BCUT2D eigenvalue weighted by atomic mass is 32.1. The van der Waals surface area contributed by atoms with Crippen molar-refractivity contribution in [1.29, 1.82) is 0 Å². The Balaban J connectivity index is 1.47. The molecule has 0 aliphatic heterocycles. The summed E-state index contributed by atoms with van der Waals surface area (Å²) in [5.74, 6) is 0.812. The van der Waals surface area contributed by atoms with Crippen molar-refractivity contribution in [3.05, 3.63) is 88.4 Å². The van der Waals surface area contributed by atoms with Crippen molar-refractivity contribution >= 4 is 17.2 Å². The van der Waals surface area contributed by atoms with Gasteiger partial charge in [-0.2, -0.15) is 18.3 Å². The fourth-order valence-corrected chi connectivity index (χ4v) is 3.96. The standard InChI is InChI=1S/C22H18F3N5OS/c1-13-26-20(30-29-13)19(14-5-3-2-4-6-14)28-18(31)11-17-12-32-21(27-17)15-7-9-16(10-8-15)22(23,24)25/h2-10,12,19H,11H2,1H3,(H,28,31)(H,26,29,30). The number of thiazole rings is 1. The Morgan fingerprint density at radius 3 is 2.44 bits per heavy atom. The fraction of sp³-hybridized carbons (Fsp3) is 0.182. The van der Waals surface area contributed by atoms with Crippen LogP contribution in [0.2, 0.25) is 0 Å². The number of aromatic amines is 1. The first-order chi connectivity index (χ1) is 15.3. The lowest BCUT2D eigenvalue weighted by Crippen LogP contribution is -2.31. The number of hydrogen-bond acceptors (Lipinski definition) is 5. The van der Waals surface area contributed by atoms with Gasteiger partial charge >= 0.3 is 6.18 Å². The first kappa shape index (κ1) is 21.7. The molecule has 1 amide bonds. The minimum Gasteiger partial charge on any atom is -0.342 e. The van der Waals surface area contributed by atoms with Crippen molar-refractivity contribution in [3.8, 4) is 10.6 Å². The van der Waals surface area contributed by atoms with Crippen LogP contribution in [-0.4, -0.2) is 26.1 Å². The molecule has 2 aromatic carbocycles. The fourth-order valence-electron chi connectivity index (χ4n) is 3.13. The van der Waals surface area contributed by atoms with Crippen LogP contribution in [0, 0.1) is 6.92 Å². The van der Waals surface area contributed by atoms with Crippen LogP contribution in [0.1, 0.15) is 34.5 Å². The summed E-state index contributed by atoms with van der Waals surface area (Å²) >= 11 is 1.27. The molecule has 0 saturated carbocycles. The minimum absolute atomic E-state index is 0.0177. The van der Waals surface area contributed by atoms with Crippen molar-refractivity contribution < 1.29 is 18.0 Å². The molecule has 32 heavy (non-hydrogen) atoms. The van der Waals surface area contributed by atoms with Crippen LogP contribution in [0.5, 0.6) is 0 Å². The van der Waals surface area contributed by atoms with Crippen molar-refractivity contribution in [3.63, 3.8) is 0 Å². The lowest BCUT2D eigenvalue weighted by Gasteiger charge is -2.16. The number of hydrogen-bond donors (Lipinski definition) is 2. The molecule has 10 heteroatoms. The number of alkyl halides is 3. The molecule has 1 atom stereocenters. The van der Waals surface area contributed by atoms with Gasteiger partial charge < -0.3 is 5.32 Å². The van der Waals surface area contributed by atoms with Gasteiger partial charge in [-0.1, -0.05) is 42.5 Å². The number of nitrogens with one attached hydrogen (secondary N) is 2. The van der Waals surface area contributed by atoms with Gasteiger partial charge in [0.2, 0.25) is 5.91 Å². The lowest BCUT2D eigenvalue weighted by atomic mass is 10.1. The van der Waals surface area contributed by atoms with Crippen molar-refractivity contribution in [2.75, 3.05) is 0 Å². The van der Waals surface area contributed by atoms with Crippen LogP contribution >= 0.6 is 11.3 Å². The van der Waals surface area contributed by atoms with Crippen LogP contribution in [0.3, 0.4) is 0 Å². The van der Waals surface area contributed by atoms with E-state index < -0.39 is 17.8 Å². The summed E-state index contributed by atoms with van der Waals surface area (Å²) in [4.78, 5) is 21.5. The largest absolute Gasteiger partial charge is 0.416 e. The second-order valence-electron chi connectivity index (χ2n) is 7.09. The number of amides is 1. The van der Waals surface area contributed by atoms with E-state index in [1.807, 2.05) is 30.3 Å². The summed E-state index contributed by atoms with van der Waals surface area (Å²) in [5.41, 5.74) is 1.21. The predicted octanol–water partition coefficient (Wildman–Crippen LogP) is 4.70. The number of H-pyrrole nitrogens is 1. The Morgan fingerprint density at radius 2 is 1.81 bits per heavy atom. The normalized spacial score (nSPS) is 12.5. The Bertz CT molecular complexity index is 1200. The van der Waals surface area contributed by atoms with Crippen LogP contribution < -0.4 is 5.32 Å². The van der Waals surface area contributed by atoms with Crippen molar-refractivity contribution in [2.45, 2.75) is 25.6 Å². The van der Waals surface area contributed by atoms with Crippen molar-refractivity contribution in [1.82, 2.24) is 25.5 Å². The van der Waals surface area contributed by atoms with Crippen LogP contribution in [0.4, 0.5) is 13.2 Å². The number of nitrogens with zero attached hydrogens (tertiary/aromatic N) is 3. The van der Waals surface area contributed by atoms with E-state index >= 15 is 0 Å². The second-order valence-corrected chi connectivity index (χ2v) is 7.94. The average Bonchev–Trinajstić information content (AvgIpc) is 3.41. The molecule has 2 heterocycles. The van der Waals surface area contributed by atoms with E-state index in [1.165, 1.54) is 23.5 Å². The number of carbonyl (C=O) groups is 1. The molecule has 0 aliphatic carbocycles. The number of benzene rings is 2. The smallest absolute Gasteiger partial charge is 0.342 e. The molecule has 4 rings (SSSR count). The number of aromatic nitrogens is 4. The van der Waals surface area contributed by atoms with E-state index in [4.69, 9.17) is 0 Å².